The van der Waals surface area contributed by atoms with Crippen molar-refractivity contribution in [3.05, 3.63) is 60.6 Å². The molecule has 0 saturated carbocycles. The number of nitrogens with zero attached hydrogens (tertiary/aromatic N) is 2. The van der Waals surface area contributed by atoms with Crippen molar-refractivity contribution >= 4 is 16.6 Å². The van der Waals surface area contributed by atoms with Crippen LogP contribution in [0.3, 0.4) is 0 Å². The van der Waals surface area contributed by atoms with E-state index in [-0.39, 0.29) is 0 Å². The predicted octanol–water partition coefficient (Wildman–Crippen LogP) is 4.06. The maximum Gasteiger partial charge on any atom is 0.0703 e. The molecule has 3 rings (SSSR count). The maximum atomic E-state index is 4.33. The molecule has 3 heteroatoms. The number of aromatic nitrogens is 2. The average Bonchev–Trinajstić information content (AvgIpc) is 2.93. The molecular formula is C17H19N3. The van der Waals surface area contributed by atoms with Crippen molar-refractivity contribution in [2.45, 2.75) is 26.4 Å². The minimum absolute atomic E-state index is 0.850. The Morgan fingerprint density at radius 1 is 1.20 bits per heavy atom. The van der Waals surface area contributed by atoms with Crippen LogP contribution in [0, 0.1) is 0 Å². The molecule has 3 nitrogen and oxygen atoms in total. The number of aryl methyl sites for hydroxylation is 1. The number of hydrogen-bond acceptors (Lipinski definition) is 2. The van der Waals surface area contributed by atoms with Gasteiger partial charge in [0.05, 0.1) is 5.52 Å². The Kier molecular flexibility index (Phi) is 3.68. The number of fused-ring (bicyclic) bond motifs is 1. The van der Waals surface area contributed by atoms with Crippen LogP contribution in [-0.4, -0.2) is 9.55 Å². The SMILES string of the molecule is CCCn1ccc(CNc2ccc3ncccc3c2)c1. The van der Waals surface area contributed by atoms with E-state index >= 15 is 0 Å². The van der Waals surface area contributed by atoms with E-state index in [0.717, 1.165) is 24.3 Å². The van der Waals surface area contributed by atoms with E-state index in [2.05, 4.69) is 64.5 Å². The second-order valence-corrected chi connectivity index (χ2v) is 5.02. The number of rotatable bonds is 5. The number of hydrogen-bond donors (Lipinski definition) is 1. The second kappa shape index (κ2) is 5.78. The fourth-order valence-electron chi connectivity index (χ4n) is 2.38. The lowest BCUT2D eigenvalue weighted by Gasteiger charge is -2.06. The third-order valence-corrected chi connectivity index (χ3v) is 3.39. The Hall–Kier alpha value is -2.29. The first kappa shape index (κ1) is 12.7. The van der Waals surface area contributed by atoms with Crippen molar-refractivity contribution in [1.29, 1.82) is 0 Å². The molecule has 0 spiro atoms. The second-order valence-electron chi connectivity index (χ2n) is 5.02. The monoisotopic (exact) mass is 265 g/mol. The fourth-order valence-corrected chi connectivity index (χ4v) is 2.38. The summed E-state index contributed by atoms with van der Waals surface area (Å²) in [5, 5.41) is 4.64. The van der Waals surface area contributed by atoms with E-state index in [4.69, 9.17) is 0 Å². The van der Waals surface area contributed by atoms with Crippen molar-refractivity contribution < 1.29 is 0 Å². The van der Waals surface area contributed by atoms with Gasteiger partial charge in [0.2, 0.25) is 0 Å². The van der Waals surface area contributed by atoms with Crippen LogP contribution in [0.4, 0.5) is 5.69 Å². The molecule has 0 amide bonds. The van der Waals surface area contributed by atoms with Crippen LogP contribution in [0.5, 0.6) is 0 Å². The average molecular weight is 265 g/mol. The van der Waals surface area contributed by atoms with Gasteiger partial charge in [0.15, 0.2) is 0 Å². The first-order valence-electron chi connectivity index (χ1n) is 7.08. The Bertz CT molecular complexity index is 700. The lowest BCUT2D eigenvalue weighted by molar-refractivity contribution is 0.682. The fraction of sp³-hybridized carbons (Fsp3) is 0.235. The molecule has 102 valence electrons. The molecule has 0 bridgehead atoms. The first-order chi connectivity index (χ1) is 9.85. The highest BCUT2D eigenvalue weighted by Gasteiger charge is 1.99. The molecule has 1 N–H and O–H groups in total. The summed E-state index contributed by atoms with van der Waals surface area (Å²) in [6.07, 6.45) is 7.34. The van der Waals surface area contributed by atoms with E-state index in [0.29, 0.717) is 0 Å². The Morgan fingerprint density at radius 3 is 3.05 bits per heavy atom. The summed E-state index contributed by atoms with van der Waals surface area (Å²) >= 11 is 0. The summed E-state index contributed by atoms with van der Waals surface area (Å²) in [4.78, 5) is 4.33. The maximum absolute atomic E-state index is 4.33. The molecule has 1 aromatic carbocycles. The largest absolute Gasteiger partial charge is 0.381 e. The van der Waals surface area contributed by atoms with Gasteiger partial charge in [-0.15, -0.1) is 0 Å². The Morgan fingerprint density at radius 2 is 2.15 bits per heavy atom. The first-order valence-corrected chi connectivity index (χ1v) is 7.08. The van der Waals surface area contributed by atoms with Crippen LogP contribution < -0.4 is 5.32 Å². The molecule has 0 saturated heterocycles. The summed E-state index contributed by atoms with van der Waals surface area (Å²) in [6, 6.07) is 12.5. The summed E-state index contributed by atoms with van der Waals surface area (Å²) < 4.78 is 2.24. The molecule has 0 radical (unpaired) electrons. The van der Waals surface area contributed by atoms with E-state index in [1.165, 1.54) is 17.4 Å². The van der Waals surface area contributed by atoms with Crippen LogP contribution in [0.25, 0.3) is 10.9 Å². The smallest absolute Gasteiger partial charge is 0.0703 e. The topological polar surface area (TPSA) is 29.9 Å². The molecule has 3 aromatic rings. The van der Waals surface area contributed by atoms with Gasteiger partial charge in [0.1, 0.15) is 0 Å². The van der Waals surface area contributed by atoms with Gasteiger partial charge >= 0.3 is 0 Å². The number of pyridine rings is 1. The third kappa shape index (κ3) is 2.82. The minimum atomic E-state index is 0.850. The summed E-state index contributed by atoms with van der Waals surface area (Å²) in [7, 11) is 0. The molecule has 0 aliphatic carbocycles. The standard InChI is InChI=1S/C17H19N3/c1-2-9-20-10-7-14(13-20)12-19-16-5-6-17-15(11-16)4-3-8-18-17/h3-8,10-11,13,19H,2,9,12H2,1H3. The van der Waals surface area contributed by atoms with Crippen LogP contribution >= 0.6 is 0 Å². The van der Waals surface area contributed by atoms with Crippen LogP contribution in [0.1, 0.15) is 18.9 Å². The summed E-state index contributed by atoms with van der Waals surface area (Å²) in [6.45, 7) is 4.13. The van der Waals surface area contributed by atoms with Gasteiger partial charge in [-0.2, -0.15) is 0 Å². The van der Waals surface area contributed by atoms with Gasteiger partial charge in [-0.3, -0.25) is 4.98 Å². The van der Waals surface area contributed by atoms with Crippen LogP contribution in [0.2, 0.25) is 0 Å². The van der Waals surface area contributed by atoms with Crippen LogP contribution in [-0.2, 0) is 13.1 Å². The van der Waals surface area contributed by atoms with Gasteiger partial charge < -0.3 is 9.88 Å². The van der Waals surface area contributed by atoms with E-state index < -0.39 is 0 Å². The number of benzene rings is 1. The normalized spacial score (nSPS) is 10.8. The predicted molar refractivity (Wildman–Crippen MR) is 83.8 cm³/mol. The van der Waals surface area contributed by atoms with Gasteiger partial charge in [-0.1, -0.05) is 13.0 Å². The molecule has 20 heavy (non-hydrogen) atoms. The van der Waals surface area contributed by atoms with Crippen molar-refractivity contribution in [3.8, 4) is 0 Å². The molecule has 0 fully saturated rings. The van der Waals surface area contributed by atoms with Gasteiger partial charge in [-0.25, -0.2) is 0 Å². The third-order valence-electron chi connectivity index (χ3n) is 3.39. The summed E-state index contributed by atoms with van der Waals surface area (Å²) in [5.74, 6) is 0. The molecule has 0 atom stereocenters. The highest BCUT2D eigenvalue weighted by atomic mass is 14.9. The number of anilines is 1. The molecule has 2 aromatic heterocycles. The lowest BCUT2D eigenvalue weighted by atomic mass is 10.2. The van der Waals surface area contributed by atoms with Gasteiger partial charge in [0.25, 0.3) is 0 Å². The quantitative estimate of drug-likeness (QED) is 0.754. The number of nitrogens with one attached hydrogen (secondary N) is 1. The molecule has 0 unspecified atom stereocenters. The Labute approximate surface area is 119 Å². The zero-order chi connectivity index (χ0) is 13.8. The molecule has 2 heterocycles. The highest BCUT2D eigenvalue weighted by Crippen LogP contribution is 2.17. The Balaban J connectivity index is 1.69. The molecule has 0 aliphatic heterocycles. The van der Waals surface area contributed by atoms with Crippen molar-refractivity contribution in [2.75, 3.05) is 5.32 Å². The van der Waals surface area contributed by atoms with Gasteiger partial charge in [0, 0.05) is 42.8 Å². The zero-order valence-electron chi connectivity index (χ0n) is 11.7. The highest BCUT2D eigenvalue weighted by molar-refractivity contribution is 5.82. The molecular weight excluding hydrogens is 246 g/mol. The van der Waals surface area contributed by atoms with Crippen molar-refractivity contribution in [2.24, 2.45) is 0 Å². The minimum Gasteiger partial charge on any atom is -0.381 e. The zero-order valence-corrected chi connectivity index (χ0v) is 11.7. The van der Waals surface area contributed by atoms with E-state index in [1.54, 1.807) is 0 Å². The molecule has 0 aliphatic rings. The van der Waals surface area contributed by atoms with Crippen molar-refractivity contribution in [3.63, 3.8) is 0 Å². The summed E-state index contributed by atoms with van der Waals surface area (Å²) in [5.41, 5.74) is 3.48. The van der Waals surface area contributed by atoms with E-state index in [1.807, 2.05) is 12.3 Å². The van der Waals surface area contributed by atoms with Gasteiger partial charge in [-0.05, 0) is 42.3 Å². The lowest BCUT2D eigenvalue weighted by Crippen LogP contribution is -1.99. The van der Waals surface area contributed by atoms with E-state index in [9.17, 15) is 0 Å². The van der Waals surface area contributed by atoms with Crippen molar-refractivity contribution in [1.82, 2.24) is 9.55 Å². The van der Waals surface area contributed by atoms with Crippen LogP contribution in [0.15, 0.2) is 55.0 Å².